The molecule has 0 aromatic heterocycles. The number of hydrogen-bond donors (Lipinski definition) is 2. The second-order valence-electron chi connectivity index (χ2n) is 5.43. The van der Waals surface area contributed by atoms with Crippen LogP contribution in [0.3, 0.4) is 0 Å². The Kier molecular flexibility index (Phi) is 5.01. The normalized spacial score (nSPS) is 19.1. The number of carbonyl (C=O) groups is 1. The fraction of sp³-hybridized carbons (Fsp3) is 0.562. The molecule has 1 aromatic rings. The number of amides is 1. The van der Waals surface area contributed by atoms with Crippen molar-refractivity contribution < 1.29 is 4.79 Å². The maximum atomic E-state index is 12.4. The van der Waals surface area contributed by atoms with Gasteiger partial charge in [-0.3, -0.25) is 9.69 Å². The van der Waals surface area contributed by atoms with Gasteiger partial charge in [0.1, 0.15) is 0 Å². The van der Waals surface area contributed by atoms with Crippen LogP contribution in [0.25, 0.3) is 0 Å². The second-order valence-corrected chi connectivity index (χ2v) is 5.43. The summed E-state index contributed by atoms with van der Waals surface area (Å²) in [4.78, 5) is 14.8. The van der Waals surface area contributed by atoms with Crippen LogP contribution in [0, 0.1) is 6.92 Å². The van der Waals surface area contributed by atoms with E-state index in [0.717, 1.165) is 36.4 Å². The fourth-order valence-corrected chi connectivity index (χ4v) is 2.91. The zero-order valence-electron chi connectivity index (χ0n) is 12.7. The molecule has 0 bridgehead atoms. The van der Waals surface area contributed by atoms with Gasteiger partial charge in [-0.1, -0.05) is 18.6 Å². The van der Waals surface area contributed by atoms with E-state index in [1.807, 2.05) is 32.2 Å². The molecule has 1 fully saturated rings. The Morgan fingerprint density at radius 2 is 2.25 bits per heavy atom. The van der Waals surface area contributed by atoms with Gasteiger partial charge >= 0.3 is 0 Å². The summed E-state index contributed by atoms with van der Waals surface area (Å²) in [5, 5.41) is 6.17. The molecular formula is C16H25N3O. The minimum absolute atomic E-state index is 0.0148. The minimum Gasteiger partial charge on any atom is -0.387 e. The number of benzene rings is 1. The zero-order chi connectivity index (χ0) is 14.5. The highest BCUT2D eigenvalue weighted by molar-refractivity contribution is 5.99. The molecule has 4 heteroatoms. The monoisotopic (exact) mass is 275 g/mol. The summed E-state index contributed by atoms with van der Waals surface area (Å²) in [5.41, 5.74) is 2.71. The average molecular weight is 275 g/mol. The van der Waals surface area contributed by atoms with Crippen molar-refractivity contribution in [3.05, 3.63) is 29.3 Å². The number of nitrogens with zero attached hydrogens (tertiary/aromatic N) is 1. The highest BCUT2D eigenvalue weighted by Gasteiger charge is 2.23. The van der Waals surface area contributed by atoms with Gasteiger partial charge in [-0.05, 0) is 45.0 Å². The molecule has 0 saturated carbocycles. The van der Waals surface area contributed by atoms with E-state index >= 15 is 0 Å². The SMILES string of the molecule is CCN1CCCC1CNC(=O)c1cc(C)ccc1NC. The number of likely N-dealkylation sites (N-methyl/N-ethyl adjacent to an activating group) is 1. The van der Waals surface area contributed by atoms with Gasteiger partial charge in [0, 0.05) is 25.3 Å². The molecule has 0 spiro atoms. The molecule has 2 rings (SSSR count). The van der Waals surface area contributed by atoms with Crippen molar-refractivity contribution in [2.45, 2.75) is 32.7 Å². The molecule has 1 unspecified atom stereocenters. The predicted octanol–water partition coefficient (Wildman–Crippen LogP) is 2.25. The van der Waals surface area contributed by atoms with Crippen molar-refractivity contribution in [2.24, 2.45) is 0 Å². The van der Waals surface area contributed by atoms with Gasteiger partial charge < -0.3 is 10.6 Å². The Morgan fingerprint density at radius 3 is 2.95 bits per heavy atom. The molecule has 1 saturated heterocycles. The summed E-state index contributed by atoms with van der Waals surface area (Å²) in [6.07, 6.45) is 2.42. The number of anilines is 1. The Labute approximate surface area is 121 Å². The first-order valence-electron chi connectivity index (χ1n) is 7.46. The molecule has 1 aliphatic heterocycles. The highest BCUT2D eigenvalue weighted by atomic mass is 16.1. The van der Waals surface area contributed by atoms with Crippen LogP contribution in [-0.2, 0) is 0 Å². The molecule has 1 aromatic carbocycles. The van der Waals surface area contributed by atoms with Gasteiger partial charge in [0.05, 0.1) is 5.56 Å². The Hall–Kier alpha value is -1.55. The van der Waals surface area contributed by atoms with Crippen molar-refractivity contribution in [2.75, 3.05) is 32.0 Å². The summed E-state index contributed by atoms with van der Waals surface area (Å²) in [5.74, 6) is 0.0148. The van der Waals surface area contributed by atoms with Gasteiger partial charge in [-0.15, -0.1) is 0 Å². The number of likely N-dealkylation sites (tertiary alicyclic amines) is 1. The highest BCUT2D eigenvalue weighted by Crippen LogP contribution is 2.18. The lowest BCUT2D eigenvalue weighted by atomic mass is 10.1. The van der Waals surface area contributed by atoms with E-state index in [9.17, 15) is 4.79 Å². The van der Waals surface area contributed by atoms with Crippen LogP contribution < -0.4 is 10.6 Å². The molecule has 1 amide bonds. The lowest BCUT2D eigenvalue weighted by Crippen LogP contribution is -2.40. The molecule has 1 aliphatic rings. The van der Waals surface area contributed by atoms with E-state index in [1.165, 1.54) is 12.8 Å². The third-order valence-corrected chi connectivity index (χ3v) is 4.09. The molecule has 1 heterocycles. The molecular weight excluding hydrogens is 250 g/mol. The molecule has 0 aliphatic carbocycles. The van der Waals surface area contributed by atoms with Crippen molar-refractivity contribution in [3.8, 4) is 0 Å². The Bertz CT molecular complexity index is 473. The number of nitrogens with one attached hydrogen (secondary N) is 2. The van der Waals surface area contributed by atoms with E-state index in [2.05, 4.69) is 22.5 Å². The van der Waals surface area contributed by atoms with Crippen molar-refractivity contribution in [1.82, 2.24) is 10.2 Å². The molecule has 4 nitrogen and oxygen atoms in total. The van der Waals surface area contributed by atoms with E-state index in [-0.39, 0.29) is 5.91 Å². The maximum Gasteiger partial charge on any atom is 0.253 e. The lowest BCUT2D eigenvalue weighted by Gasteiger charge is -2.23. The third-order valence-electron chi connectivity index (χ3n) is 4.09. The van der Waals surface area contributed by atoms with E-state index in [1.54, 1.807) is 0 Å². The standard InChI is InChI=1S/C16H25N3O/c1-4-19-9-5-6-13(19)11-18-16(20)14-10-12(2)7-8-15(14)17-3/h7-8,10,13,17H,4-6,9,11H2,1-3H3,(H,18,20). The average Bonchev–Trinajstić information content (AvgIpc) is 2.92. The van der Waals surface area contributed by atoms with Crippen LogP contribution in [0.1, 0.15) is 35.7 Å². The summed E-state index contributed by atoms with van der Waals surface area (Å²) in [6.45, 7) is 7.14. The van der Waals surface area contributed by atoms with Gasteiger partial charge in [0.2, 0.25) is 0 Å². The molecule has 0 radical (unpaired) electrons. The molecule has 2 N–H and O–H groups in total. The largest absolute Gasteiger partial charge is 0.387 e. The van der Waals surface area contributed by atoms with Gasteiger partial charge in [0.15, 0.2) is 0 Å². The fourth-order valence-electron chi connectivity index (χ4n) is 2.91. The predicted molar refractivity (Wildman–Crippen MR) is 83.3 cm³/mol. The number of aryl methyl sites for hydroxylation is 1. The lowest BCUT2D eigenvalue weighted by molar-refractivity contribution is 0.0942. The van der Waals surface area contributed by atoms with Crippen LogP contribution in [0.15, 0.2) is 18.2 Å². The zero-order valence-corrected chi connectivity index (χ0v) is 12.7. The summed E-state index contributed by atoms with van der Waals surface area (Å²) in [7, 11) is 1.84. The molecule has 110 valence electrons. The number of carbonyl (C=O) groups excluding carboxylic acids is 1. The van der Waals surface area contributed by atoms with Gasteiger partial charge in [-0.2, -0.15) is 0 Å². The van der Waals surface area contributed by atoms with Crippen LogP contribution >= 0.6 is 0 Å². The van der Waals surface area contributed by atoms with Crippen molar-refractivity contribution in [1.29, 1.82) is 0 Å². The van der Waals surface area contributed by atoms with Gasteiger partial charge in [-0.25, -0.2) is 0 Å². The summed E-state index contributed by atoms with van der Waals surface area (Å²) in [6, 6.07) is 6.40. The summed E-state index contributed by atoms with van der Waals surface area (Å²) < 4.78 is 0. The van der Waals surface area contributed by atoms with Crippen molar-refractivity contribution in [3.63, 3.8) is 0 Å². The third kappa shape index (κ3) is 3.31. The smallest absolute Gasteiger partial charge is 0.253 e. The van der Waals surface area contributed by atoms with Crippen LogP contribution in [-0.4, -0.2) is 43.5 Å². The summed E-state index contributed by atoms with van der Waals surface area (Å²) >= 11 is 0. The minimum atomic E-state index is 0.0148. The number of hydrogen-bond acceptors (Lipinski definition) is 3. The Morgan fingerprint density at radius 1 is 1.45 bits per heavy atom. The number of rotatable bonds is 5. The first-order chi connectivity index (χ1) is 9.65. The molecule has 20 heavy (non-hydrogen) atoms. The van der Waals surface area contributed by atoms with E-state index in [0.29, 0.717) is 6.04 Å². The van der Waals surface area contributed by atoms with Crippen LogP contribution in [0.5, 0.6) is 0 Å². The van der Waals surface area contributed by atoms with Crippen LogP contribution in [0.4, 0.5) is 5.69 Å². The van der Waals surface area contributed by atoms with Crippen molar-refractivity contribution >= 4 is 11.6 Å². The topological polar surface area (TPSA) is 44.4 Å². The van der Waals surface area contributed by atoms with E-state index in [4.69, 9.17) is 0 Å². The van der Waals surface area contributed by atoms with Crippen LogP contribution in [0.2, 0.25) is 0 Å². The van der Waals surface area contributed by atoms with E-state index < -0.39 is 0 Å². The van der Waals surface area contributed by atoms with Gasteiger partial charge in [0.25, 0.3) is 5.91 Å². The Balaban J connectivity index is 2.00. The second kappa shape index (κ2) is 6.75. The molecule has 1 atom stereocenters. The maximum absolute atomic E-state index is 12.4. The first kappa shape index (κ1) is 14.9. The quantitative estimate of drug-likeness (QED) is 0.866. The first-order valence-corrected chi connectivity index (χ1v) is 7.46.